The van der Waals surface area contributed by atoms with Gasteiger partial charge in [-0.1, -0.05) is 29.8 Å². The number of aliphatic carboxylic acids is 1. The molecule has 1 heterocycles. The van der Waals surface area contributed by atoms with Crippen molar-refractivity contribution >= 4 is 29.2 Å². The number of nitrogens with one attached hydrogen (secondary N) is 1. The summed E-state index contributed by atoms with van der Waals surface area (Å²) < 4.78 is 40.3. The summed E-state index contributed by atoms with van der Waals surface area (Å²) in [5.74, 6) is -2.67. The summed E-state index contributed by atoms with van der Waals surface area (Å²) in [5.41, 5.74) is -0.268. The zero-order valence-electron chi connectivity index (χ0n) is 18.3. The van der Waals surface area contributed by atoms with Gasteiger partial charge in [-0.2, -0.15) is 0 Å². The molecule has 1 amide bonds. The van der Waals surface area contributed by atoms with Gasteiger partial charge < -0.3 is 19.9 Å². The van der Waals surface area contributed by atoms with Gasteiger partial charge in [-0.25, -0.2) is 8.78 Å². The first-order valence-electron chi connectivity index (χ1n) is 11.0. The predicted octanol–water partition coefficient (Wildman–Crippen LogP) is 5.54. The summed E-state index contributed by atoms with van der Waals surface area (Å²) in [5, 5.41) is 12.0. The fraction of sp³-hybridized carbons (Fsp3) is 0.231. The molecule has 1 fully saturated rings. The molecule has 0 unspecified atom stereocenters. The number of benzene rings is 3. The Morgan fingerprint density at radius 2 is 1.89 bits per heavy atom. The lowest BCUT2D eigenvalue weighted by Crippen LogP contribution is -2.21. The summed E-state index contributed by atoms with van der Waals surface area (Å²) in [4.78, 5) is 24.3. The van der Waals surface area contributed by atoms with Crippen LogP contribution in [0.4, 0.5) is 14.5 Å². The average Bonchev–Trinajstić information content (AvgIpc) is 3.55. The first-order chi connectivity index (χ1) is 16.8. The zero-order chi connectivity index (χ0) is 24.7. The number of anilines is 1. The van der Waals surface area contributed by atoms with Gasteiger partial charge in [0.05, 0.1) is 35.1 Å². The van der Waals surface area contributed by atoms with Crippen molar-refractivity contribution in [3.05, 3.63) is 87.9 Å². The Labute approximate surface area is 204 Å². The monoisotopic (exact) mass is 499 g/mol. The molecule has 0 bridgehead atoms. The second kappa shape index (κ2) is 8.85. The molecule has 0 radical (unpaired) electrons. The molecule has 1 aliphatic heterocycles. The van der Waals surface area contributed by atoms with E-state index in [1.165, 1.54) is 18.2 Å². The molecule has 0 saturated heterocycles. The highest BCUT2D eigenvalue weighted by Crippen LogP contribution is 2.50. The Kier molecular flexibility index (Phi) is 5.84. The van der Waals surface area contributed by atoms with E-state index < -0.39 is 28.9 Å². The minimum absolute atomic E-state index is 0.00120. The van der Waals surface area contributed by atoms with E-state index in [-0.39, 0.29) is 40.1 Å². The first kappa shape index (κ1) is 23.1. The summed E-state index contributed by atoms with van der Waals surface area (Å²) >= 11 is 6.25. The second-order valence-corrected chi connectivity index (χ2v) is 9.06. The third-order valence-corrected chi connectivity index (χ3v) is 6.72. The highest BCUT2D eigenvalue weighted by Gasteiger charge is 2.53. The van der Waals surface area contributed by atoms with Crippen LogP contribution in [0.5, 0.6) is 11.5 Å². The van der Waals surface area contributed by atoms with Crippen molar-refractivity contribution < 1.29 is 33.0 Å². The van der Waals surface area contributed by atoms with Gasteiger partial charge in [-0.3, -0.25) is 9.59 Å². The minimum atomic E-state index is -1.28. The average molecular weight is 500 g/mol. The quantitative estimate of drug-likeness (QED) is 0.446. The van der Waals surface area contributed by atoms with Crippen molar-refractivity contribution in [2.45, 2.75) is 24.2 Å². The molecule has 35 heavy (non-hydrogen) atoms. The molecule has 3 aromatic rings. The van der Waals surface area contributed by atoms with Crippen molar-refractivity contribution in [3.63, 3.8) is 0 Å². The molecule has 3 aromatic carbocycles. The molecular formula is C26H20ClF2NO5. The number of carbonyl (C=O) groups is 2. The maximum Gasteiger partial charge on any atom is 0.314 e. The molecule has 9 heteroatoms. The second-order valence-electron chi connectivity index (χ2n) is 8.66. The van der Waals surface area contributed by atoms with Crippen LogP contribution in [0.2, 0.25) is 5.02 Å². The third kappa shape index (κ3) is 4.30. The molecule has 1 aliphatic carbocycles. The van der Waals surface area contributed by atoms with E-state index >= 15 is 0 Å². The number of halogens is 3. The number of amides is 1. The summed E-state index contributed by atoms with van der Waals surface area (Å²) in [6.45, 7) is 0.581. The van der Waals surface area contributed by atoms with E-state index in [4.69, 9.17) is 21.1 Å². The van der Waals surface area contributed by atoms with Crippen LogP contribution in [0.25, 0.3) is 0 Å². The normalized spacial score (nSPS) is 17.3. The Hall–Kier alpha value is -3.65. The number of para-hydroxylation sites is 1. The Morgan fingerprint density at radius 3 is 2.63 bits per heavy atom. The van der Waals surface area contributed by atoms with E-state index in [0.29, 0.717) is 19.4 Å². The van der Waals surface area contributed by atoms with Gasteiger partial charge in [0.15, 0.2) is 11.6 Å². The number of carboxylic acids is 1. The number of hydrogen-bond donors (Lipinski definition) is 2. The molecule has 2 aliphatic rings. The van der Waals surface area contributed by atoms with E-state index in [1.807, 2.05) is 24.3 Å². The van der Waals surface area contributed by atoms with Gasteiger partial charge in [-0.05, 0) is 43.2 Å². The molecule has 0 aromatic heterocycles. The number of ether oxygens (including phenoxy) is 2. The van der Waals surface area contributed by atoms with Crippen LogP contribution in [0.15, 0.2) is 54.6 Å². The van der Waals surface area contributed by atoms with Crippen LogP contribution >= 0.6 is 11.6 Å². The lowest BCUT2D eigenvalue weighted by atomic mass is 9.95. The van der Waals surface area contributed by atoms with Gasteiger partial charge in [0.1, 0.15) is 11.6 Å². The van der Waals surface area contributed by atoms with Gasteiger partial charge in [0.25, 0.3) is 5.91 Å². The molecule has 180 valence electrons. The van der Waals surface area contributed by atoms with Crippen molar-refractivity contribution in [2.75, 3.05) is 18.5 Å². The number of rotatable bonds is 7. The molecule has 1 atom stereocenters. The van der Waals surface area contributed by atoms with Gasteiger partial charge in [0, 0.05) is 22.9 Å². The Balaban J connectivity index is 1.30. The third-order valence-electron chi connectivity index (χ3n) is 6.40. The van der Waals surface area contributed by atoms with Crippen molar-refractivity contribution in [1.29, 1.82) is 0 Å². The number of carboxylic acid groups (broad SMARTS) is 1. The summed E-state index contributed by atoms with van der Waals surface area (Å²) in [6.07, 6.45) is 0.626. The molecule has 2 N–H and O–H groups in total. The fourth-order valence-corrected chi connectivity index (χ4v) is 4.50. The molecule has 1 saturated carbocycles. The molecule has 5 rings (SSSR count). The maximum absolute atomic E-state index is 14.8. The van der Waals surface area contributed by atoms with Gasteiger partial charge in [-0.15, -0.1) is 0 Å². The van der Waals surface area contributed by atoms with Crippen LogP contribution in [0.1, 0.15) is 40.2 Å². The number of fused-ring (bicyclic) bond motifs is 1. The Bertz CT molecular complexity index is 1340. The van der Waals surface area contributed by atoms with Crippen LogP contribution in [-0.4, -0.2) is 30.2 Å². The minimum Gasteiger partial charge on any atom is -0.493 e. The van der Waals surface area contributed by atoms with Crippen LogP contribution in [0, 0.1) is 11.6 Å². The van der Waals surface area contributed by atoms with Crippen molar-refractivity contribution in [2.24, 2.45) is 0 Å². The predicted molar refractivity (Wildman–Crippen MR) is 124 cm³/mol. The SMILES string of the molecule is O=C(Nc1ccc(F)c(C2(C(=O)O)CC2)c1)c1cc(F)c(OC[C@H]2COc3ccccc32)cc1Cl. The van der Waals surface area contributed by atoms with Crippen LogP contribution in [0.3, 0.4) is 0 Å². The highest BCUT2D eigenvalue weighted by molar-refractivity contribution is 6.34. The van der Waals surface area contributed by atoms with E-state index in [0.717, 1.165) is 23.4 Å². The maximum atomic E-state index is 14.8. The van der Waals surface area contributed by atoms with E-state index in [9.17, 15) is 23.5 Å². The smallest absolute Gasteiger partial charge is 0.314 e. The van der Waals surface area contributed by atoms with Crippen molar-refractivity contribution in [1.82, 2.24) is 0 Å². The van der Waals surface area contributed by atoms with Gasteiger partial charge >= 0.3 is 5.97 Å². The lowest BCUT2D eigenvalue weighted by molar-refractivity contribution is -0.140. The largest absolute Gasteiger partial charge is 0.493 e. The van der Waals surface area contributed by atoms with Crippen molar-refractivity contribution in [3.8, 4) is 11.5 Å². The van der Waals surface area contributed by atoms with E-state index in [2.05, 4.69) is 5.32 Å². The van der Waals surface area contributed by atoms with Gasteiger partial charge in [0.2, 0.25) is 0 Å². The van der Waals surface area contributed by atoms with Crippen LogP contribution < -0.4 is 14.8 Å². The summed E-state index contributed by atoms with van der Waals surface area (Å²) in [6, 6.07) is 13.4. The highest BCUT2D eigenvalue weighted by atomic mass is 35.5. The summed E-state index contributed by atoms with van der Waals surface area (Å²) in [7, 11) is 0. The Morgan fingerprint density at radius 1 is 1.11 bits per heavy atom. The fourth-order valence-electron chi connectivity index (χ4n) is 4.26. The first-order valence-corrected chi connectivity index (χ1v) is 11.3. The molecule has 0 spiro atoms. The zero-order valence-corrected chi connectivity index (χ0v) is 19.1. The molecular weight excluding hydrogens is 480 g/mol. The number of hydrogen-bond acceptors (Lipinski definition) is 4. The topological polar surface area (TPSA) is 84.9 Å². The van der Waals surface area contributed by atoms with Crippen LogP contribution in [-0.2, 0) is 10.2 Å². The lowest BCUT2D eigenvalue weighted by Gasteiger charge is -2.15. The number of carbonyl (C=O) groups excluding carboxylic acids is 1. The molecule has 6 nitrogen and oxygen atoms in total. The van der Waals surface area contributed by atoms with E-state index in [1.54, 1.807) is 0 Å². The standard InChI is InChI=1S/C26H20ClF2NO5/c27-19-11-23(35-13-14-12-34-22-4-2-1-3-16(14)22)21(29)10-17(19)24(31)30-15-5-6-20(28)18(9-15)26(7-8-26)25(32)33/h1-6,9-11,14H,7-8,12-13H2,(H,30,31)(H,32,33)/t14-/m1/s1.